The Kier molecular flexibility index (Phi) is 6.35. The van der Waals surface area contributed by atoms with Gasteiger partial charge >= 0.3 is 8.25 Å². The number of fused-ring (bicyclic) bond motifs is 1. The molecule has 140 valence electrons. The van der Waals surface area contributed by atoms with Gasteiger partial charge in [0.05, 0.1) is 6.54 Å². The molecule has 6 nitrogen and oxygen atoms in total. The van der Waals surface area contributed by atoms with Gasteiger partial charge in [-0.2, -0.15) is 0 Å². The van der Waals surface area contributed by atoms with Crippen molar-refractivity contribution < 1.29 is 18.4 Å². The molecule has 2 aromatic carbocycles. The summed E-state index contributed by atoms with van der Waals surface area (Å²) < 4.78 is 24.3. The summed E-state index contributed by atoms with van der Waals surface area (Å²) in [4.78, 5) is 12.3. The highest BCUT2D eigenvalue weighted by molar-refractivity contribution is 7.33. The minimum atomic E-state index is -2.25. The third kappa shape index (κ3) is 4.61. The number of ketones is 1. The number of nitrogens with two attached hydrogens (primary N) is 1. The summed E-state index contributed by atoms with van der Waals surface area (Å²) in [7, 11) is -2.25. The number of benzene rings is 2. The second kappa shape index (κ2) is 8.91. The number of rotatable bonds is 9. The fraction of sp³-hybridized carbons (Fsp3) is 0.250. The van der Waals surface area contributed by atoms with E-state index < -0.39 is 8.25 Å². The van der Waals surface area contributed by atoms with Gasteiger partial charge in [0.1, 0.15) is 6.61 Å². The Labute approximate surface area is 158 Å². The molecule has 27 heavy (non-hydrogen) atoms. The lowest BCUT2D eigenvalue weighted by Gasteiger charge is -2.05. The molecule has 1 unspecified atom stereocenters. The van der Waals surface area contributed by atoms with E-state index in [2.05, 4.69) is 0 Å². The molecular weight excluding hydrogens is 363 g/mol. The zero-order valence-electron chi connectivity index (χ0n) is 15.1. The Hall–Kier alpha value is -2.53. The van der Waals surface area contributed by atoms with Gasteiger partial charge in [0.25, 0.3) is 0 Å². The largest absolute Gasteiger partial charge is 0.750 e. The predicted molar refractivity (Wildman–Crippen MR) is 105 cm³/mol. The Morgan fingerprint density at radius 2 is 1.96 bits per heavy atom. The molecule has 0 aliphatic carbocycles. The molecule has 1 heterocycles. The van der Waals surface area contributed by atoms with Crippen LogP contribution in [0.25, 0.3) is 10.9 Å². The second-order valence-electron chi connectivity index (χ2n) is 6.11. The third-order valence-corrected chi connectivity index (χ3v) is 4.87. The van der Waals surface area contributed by atoms with E-state index in [-0.39, 0.29) is 12.3 Å². The maximum Gasteiger partial charge on any atom is 0.750 e. The number of carbonyl (C=O) groups excluding carboxylic acids is 1. The number of nitrogens with zero attached hydrogens (tertiary/aromatic N) is 1. The first-order chi connectivity index (χ1) is 13.1. The summed E-state index contributed by atoms with van der Waals surface area (Å²) in [6.45, 7) is 2.84. The molecule has 0 spiro atoms. The molecule has 1 aromatic heterocycles. The first-order valence-corrected chi connectivity index (χ1v) is 9.90. The van der Waals surface area contributed by atoms with Crippen LogP contribution in [-0.2, 0) is 15.6 Å². The van der Waals surface area contributed by atoms with Crippen LogP contribution in [0, 0.1) is 0 Å². The summed E-state index contributed by atoms with van der Waals surface area (Å²) in [6.07, 6.45) is 2.56. The molecule has 0 aliphatic heterocycles. The van der Waals surface area contributed by atoms with E-state index in [0.29, 0.717) is 24.5 Å². The first kappa shape index (κ1) is 19.2. The highest BCUT2D eigenvalue weighted by Gasteiger charge is 2.23. The summed E-state index contributed by atoms with van der Waals surface area (Å²) >= 11 is 0. The lowest BCUT2D eigenvalue weighted by atomic mass is 10.1. The van der Waals surface area contributed by atoms with Crippen LogP contribution in [-0.4, -0.2) is 23.5 Å². The maximum absolute atomic E-state index is 12.3. The molecule has 0 fully saturated rings. The number of hydrogen-bond donors (Lipinski definition) is 1. The molecule has 0 radical (unpaired) electrons. The second-order valence-corrected chi connectivity index (χ2v) is 7.00. The number of Topliss-reactive ketones (excluding diaryl/α,β-unsaturated/α-hetero) is 1. The van der Waals surface area contributed by atoms with Gasteiger partial charge in [-0.25, -0.2) is 4.52 Å². The van der Waals surface area contributed by atoms with Crippen molar-refractivity contribution in [2.24, 2.45) is 5.73 Å². The SMILES string of the molecule is CCCO[P+](=O)Oc1ccc2c(c1)c(C(=O)CN)cn2Cc1ccccc1. The van der Waals surface area contributed by atoms with Crippen molar-refractivity contribution in [3.63, 3.8) is 0 Å². The fourth-order valence-electron chi connectivity index (χ4n) is 2.85. The summed E-state index contributed by atoms with van der Waals surface area (Å²) in [5, 5.41) is 0.720. The number of carbonyl (C=O) groups is 1. The Bertz CT molecular complexity index is 953. The van der Waals surface area contributed by atoms with Gasteiger partial charge in [-0.1, -0.05) is 37.3 Å². The van der Waals surface area contributed by atoms with Crippen LogP contribution < -0.4 is 10.3 Å². The molecule has 0 saturated heterocycles. The average molecular weight is 385 g/mol. The highest BCUT2D eigenvalue weighted by atomic mass is 31.1. The minimum Gasteiger partial charge on any atom is -0.342 e. The van der Waals surface area contributed by atoms with Crippen molar-refractivity contribution >= 4 is 24.9 Å². The number of hydrogen-bond acceptors (Lipinski definition) is 5. The molecule has 7 heteroatoms. The predicted octanol–water partition coefficient (Wildman–Crippen LogP) is 4.29. The van der Waals surface area contributed by atoms with E-state index in [1.54, 1.807) is 12.1 Å². The molecule has 0 saturated carbocycles. The lowest BCUT2D eigenvalue weighted by Crippen LogP contribution is -2.13. The van der Waals surface area contributed by atoms with Crippen molar-refractivity contribution in [2.75, 3.05) is 13.2 Å². The van der Waals surface area contributed by atoms with Crippen molar-refractivity contribution in [2.45, 2.75) is 19.9 Å². The van der Waals surface area contributed by atoms with Crippen LogP contribution in [0.15, 0.2) is 54.7 Å². The smallest absolute Gasteiger partial charge is 0.342 e. The molecule has 1 atom stereocenters. The van der Waals surface area contributed by atoms with Crippen LogP contribution >= 0.6 is 8.25 Å². The van der Waals surface area contributed by atoms with E-state index in [9.17, 15) is 9.36 Å². The van der Waals surface area contributed by atoms with Crippen molar-refractivity contribution in [3.8, 4) is 5.75 Å². The standard InChI is InChI=1S/C20H22N2O4P/c1-2-10-25-27(24)26-16-8-9-19-17(11-16)18(20(23)12-21)14-22(19)13-15-6-4-3-5-7-15/h3-9,11,14H,2,10,12-13,21H2,1H3/q+1. The van der Waals surface area contributed by atoms with Crippen molar-refractivity contribution in [1.82, 2.24) is 4.57 Å². The van der Waals surface area contributed by atoms with Crippen molar-refractivity contribution in [1.29, 1.82) is 0 Å². The molecule has 0 aliphatic rings. The molecule has 2 N–H and O–H groups in total. The van der Waals surface area contributed by atoms with Crippen molar-refractivity contribution in [3.05, 3.63) is 65.9 Å². The first-order valence-electron chi connectivity index (χ1n) is 8.80. The van der Waals surface area contributed by atoms with Gasteiger partial charge < -0.3 is 10.3 Å². The van der Waals surface area contributed by atoms with E-state index in [4.69, 9.17) is 14.8 Å². The molecule has 3 rings (SSSR count). The zero-order valence-corrected chi connectivity index (χ0v) is 16.0. The van der Waals surface area contributed by atoms with E-state index in [1.807, 2.05) is 54.1 Å². The van der Waals surface area contributed by atoms with Gasteiger partial charge in [-0.05, 0) is 30.2 Å². The molecular formula is C20H22N2O4P+. The fourth-order valence-corrected chi connectivity index (χ4v) is 3.52. The zero-order chi connectivity index (χ0) is 19.2. The van der Waals surface area contributed by atoms with Gasteiger partial charge in [-0.15, -0.1) is 4.52 Å². The minimum absolute atomic E-state index is 0.0800. The number of aromatic nitrogens is 1. The van der Waals surface area contributed by atoms with Gasteiger partial charge in [-0.3, -0.25) is 4.79 Å². The lowest BCUT2D eigenvalue weighted by molar-refractivity contribution is 0.100. The van der Waals surface area contributed by atoms with Gasteiger partial charge in [0.2, 0.25) is 0 Å². The summed E-state index contributed by atoms with van der Waals surface area (Å²) in [5.74, 6) is 0.235. The Morgan fingerprint density at radius 1 is 1.19 bits per heavy atom. The highest BCUT2D eigenvalue weighted by Crippen LogP contribution is 2.32. The van der Waals surface area contributed by atoms with Crippen LogP contribution in [0.1, 0.15) is 29.3 Å². The quantitative estimate of drug-likeness (QED) is 0.439. The monoisotopic (exact) mass is 385 g/mol. The van der Waals surface area contributed by atoms with E-state index in [0.717, 1.165) is 22.9 Å². The Balaban J connectivity index is 1.96. The van der Waals surface area contributed by atoms with Crippen LogP contribution in [0.5, 0.6) is 5.75 Å². The summed E-state index contributed by atoms with van der Waals surface area (Å²) in [5.41, 5.74) is 8.11. The third-order valence-electron chi connectivity index (χ3n) is 4.11. The topological polar surface area (TPSA) is 83.6 Å². The molecule has 0 amide bonds. The van der Waals surface area contributed by atoms with Crippen LogP contribution in [0.4, 0.5) is 0 Å². The van der Waals surface area contributed by atoms with Gasteiger partial charge in [0, 0.05) is 33.8 Å². The Morgan fingerprint density at radius 3 is 2.67 bits per heavy atom. The normalized spacial score (nSPS) is 11.6. The summed E-state index contributed by atoms with van der Waals surface area (Å²) in [6, 6.07) is 15.3. The molecule has 3 aromatic rings. The average Bonchev–Trinajstić information content (AvgIpc) is 3.04. The van der Waals surface area contributed by atoms with Crippen LogP contribution in [0.2, 0.25) is 0 Å². The maximum atomic E-state index is 12.3. The van der Waals surface area contributed by atoms with E-state index in [1.165, 1.54) is 0 Å². The van der Waals surface area contributed by atoms with E-state index >= 15 is 0 Å². The van der Waals surface area contributed by atoms with Crippen LogP contribution in [0.3, 0.4) is 0 Å². The van der Waals surface area contributed by atoms with Gasteiger partial charge in [0.15, 0.2) is 11.5 Å². The molecule has 0 bridgehead atoms.